The van der Waals surface area contributed by atoms with Gasteiger partial charge in [-0.25, -0.2) is 0 Å². The first kappa shape index (κ1) is 13.4. The molecule has 1 heterocycles. The maximum absolute atomic E-state index is 6.25. The molecule has 1 aliphatic rings. The van der Waals surface area contributed by atoms with Gasteiger partial charge in [-0.15, -0.1) is 0 Å². The molecular formula is C14H19BrClN. The van der Waals surface area contributed by atoms with Gasteiger partial charge in [0.15, 0.2) is 0 Å². The zero-order chi connectivity index (χ0) is 12.5. The lowest BCUT2D eigenvalue weighted by molar-refractivity contribution is 0.127. The van der Waals surface area contributed by atoms with E-state index < -0.39 is 0 Å². The van der Waals surface area contributed by atoms with Crippen LogP contribution in [0.5, 0.6) is 0 Å². The second-order valence-electron chi connectivity index (χ2n) is 5.68. The van der Waals surface area contributed by atoms with E-state index in [1.165, 1.54) is 31.5 Å². The lowest BCUT2D eigenvalue weighted by Gasteiger charge is -2.37. The van der Waals surface area contributed by atoms with Crippen molar-refractivity contribution in [1.82, 2.24) is 4.90 Å². The van der Waals surface area contributed by atoms with Crippen LogP contribution in [0.25, 0.3) is 0 Å². The van der Waals surface area contributed by atoms with Gasteiger partial charge in [-0.2, -0.15) is 0 Å². The van der Waals surface area contributed by atoms with E-state index in [2.05, 4.69) is 46.8 Å². The fourth-order valence-electron chi connectivity index (χ4n) is 2.21. The normalized spacial score (nSPS) is 20.5. The van der Waals surface area contributed by atoms with Crippen molar-refractivity contribution in [1.29, 1.82) is 0 Å². The van der Waals surface area contributed by atoms with Gasteiger partial charge in [-0.1, -0.05) is 47.4 Å². The Labute approximate surface area is 117 Å². The SMILES string of the molecule is CC1(C)CCN(Cc2ccc(Br)cc2Cl)CC1. The Hall–Kier alpha value is -0.0500. The summed E-state index contributed by atoms with van der Waals surface area (Å²) in [5.74, 6) is 0. The van der Waals surface area contributed by atoms with Crippen LogP contribution in [0.4, 0.5) is 0 Å². The summed E-state index contributed by atoms with van der Waals surface area (Å²) < 4.78 is 1.05. The molecule has 0 amide bonds. The number of benzene rings is 1. The summed E-state index contributed by atoms with van der Waals surface area (Å²) in [7, 11) is 0. The van der Waals surface area contributed by atoms with Crippen LogP contribution >= 0.6 is 27.5 Å². The van der Waals surface area contributed by atoms with Crippen LogP contribution in [-0.4, -0.2) is 18.0 Å². The molecule has 1 aromatic rings. The molecule has 3 heteroatoms. The van der Waals surface area contributed by atoms with Gasteiger partial charge in [0.25, 0.3) is 0 Å². The Bertz CT molecular complexity index is 393. The number of nitrogens with zero attached hydrogens (tertiary/aromatic N) is 1. The highest BCUT2D eigenvalue weighted by Crippen LogP contribution is 2.31. The molecule has 1 nitrogen and oxygen atoms in total. The first-order chi connectivity index (χ1) is 7.96. The monoisotopic (exact) mass is 315 g/mol. The van der Waals surface area contributed by atoms with Crippen LogP contribution in [0, 0.1) is 5.41 Å². The Kier molecular flexibility index (Phi) is 4.17. The van der Waals surface area contributed by atoms with Gasteiger partial charge in [0.1, 0.15) is 0 Å². The molecule has 0 spiro atoms. The lowest BCUT2D eigenvalue weighted by atomic mass is 9.82. The highest BCUT2D eigenvalue weighted by atomic mass is 79.9. The van der Waals surface area contributed by atoms with E-state index in [1.54, 1.807) is 0 Å². The summed E-state index contributed by atoms with van der Waals surface area (Å²) in [4.78, 5) is 2.50. The quantitative estimate of drug-likeness (QED) is 0.763. The lowest BCUT2D eigenvalue weighted by Crippen LogP contribution is -2.36. The van der Waals surface area contributed by atoms with Crippen molar-refractivity contribution in [3.05, 3.63) is 33.3 Å². The third-order valence-corrected chi connectivity index (χ3v) is 4.46. The van der Waals surface area contributed by atoms with Crippen molar-refractivity contribution in [3.8, 4) is 0 Å². The first-order valence-corrected chi connectivity index (χ1v) is 7.30. The first-order valence-electron chi connectivity index (χ1n) is 6.13. The minimum Gasteiger partial charge on any atom is -0.299 e. The van der Waals surface area contributed by atoms with Crippen molar-refractivity contribution >= 4 is 27.5 Å². The third kappa shape index (κ3) is 3.70. The van der Waals surface area contributed by atoms with E-state index in [1.807, 2.05) is 6.07 Å². The summed E-state index contributed by atoms with van der Waals surface area (Å²) in [5, 5.41) is 0.865. The van der Waals surface area contributed by atoms with Crippen molar-refractivity contribution < 1.29 is 0 Å². The highest BCUT2D eigenvalue weighted by Gasteiger charge is 2.25. The highest BCUT2D eigenvalue weighted by molar-refractivity contribution is 9.10. The molecule has 0 aliphatic carbocycles. The summed E-state index contributed by atoms with van der Waals surface area (Å²) in [5.41, 5.74) is 1.74. The van der Waals surface area contributed by atoms with Crippen LogP contribution in [0.2, 0.25) is 5.02 Å². The minimum atomic E-state index is 0.514. The minimum absolute atomic E-state index is 0.514. The Morgan fingerprint density at radius 1 is 1.29 bits per heavy atom. The van der Waals surface area contributed by atoms with E-state index in [0.717, 1.165) is 16.0 Å². The van der Waals surface area contributed by atoms with Crippen LogP contribution in [-0.2, 0) is 6.54 Å². The van der Waals surface area contributed by atoms with E-state index >= 15 is 0 Å². The van der Waals surface area contributed by atoms with E-state index in [0.29, 0.717) is 5.41 Å². The molecule has 17 heavy (non-hydrogen) atoms. The Balaban J connectivity index is 1.98. The fraction of sp³-hybridized carbons (Fsp3) is 0.571. The molecule has 0 N–H and O–H groups in total. The largest absolute Gasteiger partial charge is 0.299 e. The molecule has 0 atom stereocenters. The van der Waals surface area contributed by atoms with E-state index in [4.69, 9.17) is 11.6 Å². The van der Waals surface area contributed by atoms with Gasteiger partial charge in [0, 0.05) is 16.0 Å². The molecule has 1 saturated heterocycles. The van der Waals surface area contributed by atoms with Gasteiger partial charge < -0.3 is 0 Å². The second-order valence-corrected chi connectivity index (χ2v) is 7.00. The molecule has 1 aliphatic heterocycles. The number of hydrogen-bond donors (Lipinski definition) is 0. The van der Waals surface area contributed by atoms with Crippen LogP contribution in [0.3, 0.4) is 0 Å². The fourth-order valence-corrected chi connectivity index (χ4v) is 2.94. The van der Waals surface area contributed by atoms with Gasteiger partial charge in [-0.05, 0) is 49.0 Å². The van der Waals surface area contributed by atoms with Gasteiger partial charge >= 0.3 is 0 Å². The summed E-state index contributed by atoms with van der Waals surface area (Å²) in [6.07, 6.45) is 2.56. The van der Waals surface area contributed by atoms with E-state index in [9.17, 15) is 0 Å². The number of likely N-dealkylation sites (tertiary alicyclic amines) is 1. The average Bonchev–Trinajstić information content (AvgIpc) is 2.25. The molecule has 2 rings (SSSR count). The number of halogens is 2. The molecule has 0 bridgehead atoms. The van der Waals surface area contributed by atoms with Crippen LogP contribution in [0.15, 0.2) is 22.7 Å². The number of rotatable bonds is 2. The maximum atomic E-state index is 6.25. The predicted molar refractivity (Wildman–Crippen MR) is 77.4 cm³/mol. The standard InChI is InChI=1S/C14H19BrClN/c1-14(2)5-7-17(8-6-14)10-11-3-4-12(15)9-13(11)16/h3-4,9H,5-8,10H2,1-2H3. The molecule has 0 unspecified atom stereocenters. The zero-order valence-electron chi connectivity index (χ0n) is 10.5. The summed E-state index contributed by atoms with van der Waals surface area (Å²) in [6.45, 7) is 8.05. The third-order valence-electron chi connectivity index (χ3n) is 3.62. The van der Waals surface area contributed by atoms with Crippen LogP contribution < -0.4 is 0 Å². The second kappa shape index (κ2) is 5.29. The molecule has 0 saturated carbocycles. The predicted octanol–water partition coefficient (Wildman–Crippen LogP) is 4.72. The molecule has 94 valence electrons. The van der Waals surface area contributed by atoms with Gasteiger partial charge in [-0.3, -0.25) is 4.90 Å². The van der Waals surface area contributed by atoms with Gasteiger partial charge in [0.05, 0.1) is 0 Å². The molecule has 1 aromatic carbocycles. The smallest absolute Gasteiger partial charge is 0.0462 e. The molecule has 0 radical (unpaired) electrons. The van der Waals surface area contributed by atoms with Crippen molar-refractivity contribution in [2.75, 3.05) is 13.1 Å². The van der Waals surface area contributed by atoms with Crippen molar-refractivity contribution in [2.45, 2.75) is 33.2 Å². The summed E-state index contributed by atoms with van der Waals surface area (Å²) >= 11 is 9.69. The maximum Gasteiger partial charge on any atom is 0.0462 e. The molecular weight excluding hydrogens is 298 g/mol. The molecule has 0 aromatic heterocycles. The average molecular weight is 317 g/mol. The van der Waals surface area contributed by atoms with Crippen LogP contribution in [0.1, 0.15) is 32.3 Å². The summed E-state index contributed by atoms with van der Waals surface area (Å²) in [6, 6.07) is 6.16. The van der Waals surface area contributed by atoms with Crippen molar-refractivity contribution in [2.24, 2.45) is 5.41 Å². The Morgan fingerprint density at radius 2 is 1.94 bits per heavy atom. The van der Waals surface area contributed by atoms with Crippen molar-refractivity contribution in [3.63, 3.8) is 0 Å². The number of hydrogen-bond acceptors (Lipinski definition) is 1. The molecule has 1 fully saturated rings. The Morgan fingerprint density at radius 3 is 2.53 bits per heavy atom. The van der Waals surface area contributed by atoms with Gasteiger partial charge in [0.2, 0.25) is 0 Å². The van der Waals surface area contributed by atoms with E-state index in [-0.39, 0.29) is 0 Å². The topological polar surface area (TPSA) is 3.24 Å². The zero-order valence-corrected chi connectivity index (χ0v) is 12.8. The number of piperidine rings is 1.